The van der Waals surface area contributed by atoms with E-state index in [4.69, 9.17) is 11.6 Å². The van der Waals surface area contributed by atoms with E-state index in [2.05, 4.69) is 33.0 Å². The predicted molar refractivity (Wildman–Crippen MR) is 56.3 cm³/mol. The van der Waals surface area contributed by atoms with Crippen molar-refractivity contribution in [3.8, 4) is 0 Å². The van der Waals surface area contributed by atoms with Gasteiger partial charge in [-0.1, -0.05) is 18.5 Å². The molecule has 70 valence electrons. The van der Waals surface area contributed by atoms with Crippen molar-refractivity contribution >= 4 is 11.6 Å². The van der Waals surface area contributed by atoms with E-state index in [0.717, 1.165) is 11.5 Å². The molecule has 0 bridgehead atoms. The van der Waals surface area contributed by atoms with E-state index >= 15 is 0 Å². The fourth-order valence-electron chi connectivity index (χ4n) is 0.937. The fraction of sp³-hybridized carbons (Fsp3) is 0.600. The van der Waals surface area contributed by atoms with Gasteiger partial charge < -0.3 is 5.32 Å². The molecular weight excluding hydrogens is 170 g/mol. The first-order chi connectivity index (χ1) is 5.54. The van der Waals surface area contributed by atoms with Gasteiger partial charge in [-0.3, -0.25) is 0 Å². The highest BCUT2D eigenvalue weighted by Gasteiger charge is 2.01. The van der Waals surface area contributed by atoms with Gasteiger partial charge in [0, 0.05) is 17.8 Å². The molecule has 0 radical (unpaired) electrons. The Bertz CT molecular complexity index is 190. The molecule has 0 heterocycles. The molecule has 1 N–H and O–H groups in total. The van der Waals surface area contributed by atoms with E-state index in [0.29, 0.717) is 0 Å². The smallest absolute Gasteiger partial charge is 0.0210 e. The molecule has 0 spiro atoms. The SMILES string of the molecule is CC/C(Cl)=C(C)\C(C)=C(\C)NC. The molecule has 0 rings (SSSR count). The van der Waals surface area contributed by atoms with Gasteiger partial charge in [-0.2, -0.15) is 0 Å². The summed E-state index contributed by atoms with van der Waals surface area (Å²) in [5.41, 5.74) is 3.61. The highest BCUT2D eigenvalue weighted by molar-refractivity contribution is 6.30. The summed E-state index contributed by atoms with van der Waals surface area (Å²) >= 11 is 6.03. The molecule has 0 aromatic heterocycles. The Morgan fingerprint density at radius 1 is 1.17 bits per heavy atom. The molecule has 0 saturated carbocycles. The molecule has 0 aliphatic carbocycles. The molecule has 0 unspecified atom stereocenters. The van der Waals surface area contributed by atoms with Crippen LogP contribution in [0.25, 0.3) is 0 Å². The minimum Gasteiger partial charge on any atom is -0.391 e. The van der Waals surface area contributed by atoms with Gasteiger partial charge in [-0.25, -0.2) is 0 Å². The Morgan fingerprint density at radius 3 is 2.00 bits per heavy atom. The molecule has 0 atom stereocenters. The van der Waals surface area contributed by atoms with Crippen molar-refractivity contribution in [2.24, 2.45) is 0 Å². The molecule has 0 aliphatic rings. The van der Waals surface area contributed by atoms with Crippen LogP contribution in [-0.2, 0) is 0 Å². The largest absolute Gasteiger partial charge is 0.391 e. The summed E-state index contributed by atoms with van der Waals surface area (Å²) in [6.45, 7) is 8.26. The normalized spacial score (nSPS) is 15.2. The lowest BCUT2D eigenvalue weighted by Crippen LogP contribution is -2.05. The lowest BCUT2D eigenvalue weighted by molar-refractivity contribution is 0.956. The number of nitrogens with one attached hydrogen (secondary N) is 1. The fourth-order valence-corrected chi connectivity index (χ4v) is 1.08. The second-order valence-electron chi connectivity index (χ2n) is 2.88. The van der Waals surface area contributed by atoms with Crippen molar-refractivity contribution in [1.82, 2.24) is 5.32 Å². The van der Waals surface area contributed by atoms with Gasteiger partial charge in [0.15, 0.2) is 0 Å². The van der Waals surface area contributed by atoms with Crippen LogP contribution >= 0.6 is 11.6 Å². The lowest BCUT2D eigenvalue weighted by Gasteiger charge is -2.09. The Hall–Kier alpha value is -0.430. The van der Waals surface area contributed by atoms with Crippen LogP contribution in [0.2, 0.25) is 0 Å². The molecule has 0 aromatic carbocycles. The molecule has 0 saturated heterocycles. The molecular formula is C10H18ClN. The number of hydrogen-bond donors (Lipinski definition) is 1. The number of hydrogen-bond acceptors (Lipinski definition) is 1. The molecule has 0 fully saturated rings. The van der Waals surface area contributed by atoms with Crippen LogP contribution in [0.1, 0.15) is 34.1 Å². The Balaban J connectivity index is 4.82. The van der Waals surface area contributed by atoms with Crippen LogP contribution in [-0.4, -0.2) is 7.05 Å². The van der Waals surface area contributed by atoms with Crippen molar-refractivity contribution < 1.29 is 0 Å². The van der Waals surface area contributed by atoms with Gasteiger partial charge in [-0.05, 0) is 38.3 Å². The van der Waals surface area contributed by atoms with Crippen molar-refractivity contribution in [3.05, 3.63) is 21.9 Å². The van der Waals surface area contributed by atoms with Crippen LogP contribution in [0.5, 0.6) is 0 Å². The Kier molecular flexibility index (Phi) is 5.07. The monoisotopic (exact) mass is 187 g/mol. The third-order valence-electron chi connectivity index (χ3n) is 2.22. The first-order valence-corrected chi connectivity index (χ1v) is 4.63. The summed E-state index contributed by atoms with van der Waals surface area (Å²) in [6.07, 6.45) is 0.904. The van der Waals surface area contributed by atoms with Gasteiger partial charge in [0.1, 0.15) is 0 Å². The standard InChI is InChI=1S/C10H18ClN/c1-6-10(11)8(3)7(2)9(4)12-5/h12H,6H2,1-5H3/b9-7-,10-8+. The number of halogens is 1. The highest BCUT2D eigenvalue weighted by Crippen LogP contribution is 2.21. The maximum absolute atomic E-state index is 6.03. The van der Waals surface area contributed by atoms with Gasteiger partial charge in [0.2, 0.25) is 0 Å². The number of rotatable bonds is 3. The van der Waals surface area contributed by atoms with Crippen molar-refractivity contribution in [3.63, 3.8) is 0 Å². The second-order valence-corrected chi connectivity index (χ2v) is 3.34. The third kappa shape index (κ3) is 2.90. The zero-order valence-electron chi connectivity index (χ0n) is 8.59. The second kappa shape index (κ2) is 5.26. The van der Waals surface area contributed by atoms with Crippen LogP contribution in [0.15, 0.2) is 21.9 Å². The van der Waals surface area contributed by atoms with Gasteiger partial charge >= 0.3 is 0 Å². The van der Waals surface area contributed by atoms with Gasteiger partial charge in [0.05, 0.1) is 0 Å². The Morgan fingerprint density at radius 2 is 1.67 bits per heavy atom. The molecule has 0 aromatic rings. The van der Waals surface area contributed by atoms with Crippen LogP contribution in [0.3, 0.4) is 0 Å². The molecule has 2 heteroatoms. The van der Waals surface area contributed by atoms with Crippen molar-refractivity contribution in [2.75, 3.05) is 7.05 Å². The summed E-state index contributed by atoms with van der Waals surface area (Å²) < 4.78 is 0. The minimum absolute atomic E-state index is 0.904. The summed E-state index contributed by atoms with van der Waals surface area (Å²) in [5.74, 6) is 0. The maximum Gasteiger partial charge on any atom is 0.0210 e. The number of allylic oxidation sites excluding steroid dienone is 4. The first kappa shape index (κ1) is 11.6. The third-order valence-corrected chi connectivity index (χ3v) is 2.77. The average molecular weight is 188 g/mol. The summed E-state index contributed by atoms with van der Waals surface area (Å²) in [5, 5.41) is 4.06. The molecule has 0 aliphatic heterocycles. The highest BCUT2D eigenvalue weighted by atomic mass is 35.5. The average Bonchev–Trinajstić information content (AvgIpc) is 2.12. The summed E-state index contributed by atoms with van der Waals surface area (Å²) in [6, 6.07) is 0. The van der Waals surface area contributed by atoms with E-state index in [-0.39, 0.29) is 0 Å². The minimum atomic E-state index is 0.904. The van der Waals surface area contributed by atoms with E-state index < -0.39 is 0 Å². The van der Waals surface area contributed by atoms with Crippen LogP contribution < -0.4 is 5.32 Å². The predicted octanol–water partition coefficient (Wildman–Crippen LogP) is 3.42. The summed E-state index contributed by atoms with van der Waals surface area (Å²) in [7, 11) is 1.92. The molecule has 1 nitrogen and oxygen atoms in total. The Labute approximate surface area is 80.5 Å². The zero-order chi connectivity index (χ0) is 9.72. The van der Waals surface area contributed by atoms with E-state index in [1.807, 2.05) is 7.05 Å². The summed E-state index contributed by atoms with van der Waals surface area (Å²) in [4.78, 5) is 0. The van der Waals surface area contributed by atoms with Gasteiger partial charge in [0.25, 0.3) is 0 Å². The van der Waals surface area contributed by atoms with Crippen LogP contribution in [0.4, 0.5) is 0 Å². The lowest BCUT2D eigenvalue weighted by atomic mass is 10.1. The van der Waals surface area contributed by atoms with E-state index in [1.165, 1.54) is 16.8 Å². The van der Waals surface area contributed by atoms with Crippen molar-refractivity contribution in [1.29, 1.82) is 0 Å². The maximum atomic E-state index is 6.03. The van der Waals surface area contributed by atoms with Gasteiger partial charge in [-0.15, -0.1) is 0 Å². The van der Waals surface area contributed by atoms with E-state index in [1.54, 1.807) is 0 Å². The quantitative estimate of drug-likeness (QED) is 0.668. The molecule has 0 amide bonds. The van der Waals surface area contributed by atoms with Crippen LogP contribution in [0, 0.1) is 0 Å². The van der Waals surface area contributed by atoms with Crippen molar-refractivity contribution in [2.45, 2.75) is 34.1 Å². The van der Waals surface area contributed by atoms with E-state index in [9.17, 15) is 0 Å². The first-order valence-electron chi connectivity index (χ1n) is 4.25. The molecule has 12 heavy (non-hydrogen) atoms. The zero-order valence-corrected chi connectivity index (χ0v) is 9.34. The topological polar surface area (TPSA) is 12.0 Å².